The lowest BCUT2D eigenvalue weighted by Crippen LogP contribution is -1.97. The Labute approximate surface area is 115 Å². The molecule has 102 valence electrons. The Bertz CT molecular complexity index is 882. The molecular weight excluding hydrogens is 276 g/mol. The van der Waals surface area contributed by atoms with Gasteiger partial charge in [0.05, 0.1) is 22.3 Å². The van der Waals surface area contributed by atoms with Gasteiger partial charge in [-0.3, -0.25) is 4.98 Å². The molecule has 0 bridgehead atoms. The predicted molar refractivity (Wildman–Crippen MR) is 75.0 cm³/mol. The summed E-state index contributed by atoms with van der Waals surface area (Å²) in [6.07, 6.45) is 4.41. The van der Waals surface area contributed by atoms with E-state index < -0.39 is 9.84 Å². The van der Waals surface area contributed by atoms with Gasteiger partial charge in [-0.15, -0.1) is 0 Å². The van der Waals surface area contributed by atoms with Crippen LogP contribution in [0.1, 0.15) is 5.69 Å². The van der Waals surface area contributed by atoms with E-state index in [0.717, 1.165) is 5.69 Å². The molecule has 0 aliphatic heterocycles. The largest absolute Gasteiger partial charge is 0.337 e. The summed E-state index contributed by atoms with van der Waals surface area (Å²) < 4.78 is 23.5. The van der Waals surface area contributed by atoms with Crippen LogP contribution >= 0.6 is 0 Å². The highest BCUT2D eigenvalue weighted by atomic mass is 32.2. The van der Waals surface area contributed by atoms with Crippen molar-refractivity contribution in [3.63, 3.8) is 0 Å². The number of H-pyrrole nitrogens is 1. The van der Waals surface area contributed by atoms with E-state index in [1.807, 2.05) is 6.92 Å². The Kier molecular flexibility index (Phi) is 2.79. The van der Waals surface area contributed by atoms with E-state index in [9.17, 15) is 8.42 Å². The minimum Gasteiger partial charge on any atom is -0.337 e. The number of para-hydroxylation sites is 1. The average Bonchev–Trinajstić information content (AvgIpc) is 2.81. The third kappa shape index (κ3) is 2.16. The van der Waals surface area contributed by atoms with E-state index >= 15 is 0 Å². The van der Waals surface area contributed by atoms with Gasteiger partial charge in [-0.2, -0.15) is 0 Å². The Morgan fingerprint density at radius 3 is 2.60 bits per heavy atom. The highest BCUT2D eigenvalue weighted by molar-refractivity contribution is 7.91. The number of aryl methyl sites for hydroxylation is 1. The van der Waals surface area contributed by atoms with Gasteiger partial charge in [0.15, 0.2) is 15.7 Å². The molecule has 2 aromatic heterocycles. The number of imidazole rings is 1. The van der Waals surface area contributed by atoms with Crippen LogP contribution in [0.25, 0.3) is 22.6 Å². The van der Waals surface area contributed by atoms with Crippen molar-refractivity contribution in [2.75, 3.05) is 6.26 Å². The highest BCUT2D eigenvalue weighted by Crippen LogP contribution is 2.24. The van der Waals surface area contributed by atoms with Crippen LogP contribution in [0.5, 0.6) is 0 Å². The molecule has 0 atom stereocenters. The summed E-state index contributed by atoms with van der Waals surface area (Å²) in [5.41, 5.74) is 2.46. The van der Waals surface area contributed by atoms with Crippen molar-refractivity contribution in [2.24, 2.45) is 0 Å². The third-order valence-corrected chi connectivity index (χ3v) is 4.03. The maximum atomic E-state index is 11.8. The van der Waals surface area contributed by atoms with Gasteiger partial charge < -0.3 is 4.98 Å². The molecule has 2 heterocycles. The lowest BCUT2D eigenvalue weighted by Gasteiger charge is -1.97. The maximum absolute atomic E-state index is 11.8. The molecule has 0 amide bonds. The molecule has 0 unspecified atom stereocenters. The van der Waals surface area contributed by atoms with Crippen molar-refractivity contribution in [2.45, 2.75) is 11.8 Å². The Hall–Kier alpha value is -2.28. The van der Waals surface area contributed by atoms with Crippen molar-refractivity contribution in [1.29, 1.82) is 0 Å². The highest BCUT2D eigenvalue weighted by Gasteiger charge is 2.16. The van der Waals surface area contributed by atoms with E-state index in [-0.39, 0.29) is 4.90 Å². The zero-order valence-corrected chi connectivity index (χ0v) is 11.8. The number of aromatic amines is 1. The molecule has 3 rings (SSSR count). The quantitative estimate of drug-likeness (QED) is 0.775. The minimum atomic E-state index is -3.32. The molecule has 3 aromatic rings. The van der Waals surface area contributed by atoms with Gasteiger partial charge in [0.1, 0.15) is 11.2 Å². The molecule has 7 heteroatoms. The third-order valence-electron chi connectivity index (χ3n) is 2.90. The maximum Gasteiger partial charge on any atom is 0.177 e. The first-order valence-corrected chi connectivity index (χ1v) is 7.82. The number of nitrogens with one attached hydrogen (secondary N) is 1. The van der Waals surface area contributed by atoms with Crippen molar-refractivity contribution >= 4 is 20.9 Å². The summed E-state index contributed by atoms with van der Waals surface area (Å²) >= 11 is 0. The summed E-state index contributed by atoms with van der Waals surface area (Å²) in [6, 6.07) is 5.01. The number of hydrogen-bond acceptors (Lipinski definition) is 5. The van der Waals surface area contributed by atoms with E-state index in [1.54, 1.807) is 30.6 Å². The molecule has 6 nitrogen and oxygen atoms in total. The van der Waals surface area contributed by atoms with Crippen LogP contribution in [0.4, 0.5) is 0 Å². The van der Waals surface area contributed by atoms with Crippen LogP contribution in [-0.4, -0.2) is 34.6 Å². The van der Waals surface area contributed by atoms with Crippen molar-refractivity contribution < 1.29 is 8.42 Å². The molecule has 1 aromatic carbocycles. The van der Waals surface area contributed by atoms with Gasteiger partial charge in [-0.1, -0.05) is 6.07 Å². The van der Waals surface area contributed by atoms with Crippen molar-refractivity contribution in [1.82, 2.24) is 19.9 Å². The van der Waals surface area contributed by atoms with Crippen LogP contribution < -0.4 is 0 Å². The SMILES string of the molecule is Cc1cnc(-c2nc3c(S(C)(=O)=O)cccc3[nH]2)cn1. The first kappa shape index (κ1) is 12.7. The fourth-order valence-corrected chi connectivity index (χ4v) is 2.77. The fourth-order valence-electron chi connectivity index (χ4n) is 1.94. The molecule has 1 N–H and O–H groups in total. The summed E-state index contributed by atoms with van der Waals surface area (Å²) in [5, 5.41) is 0. The van der Waals surface area contributed by atoms with Crippen LogP contribution in [0.15, 0.2) is 35.5 Å². The molecule has 0 fully saturated rings. The van der Waals surface area contributed by atoms with Gasteiger partial charge in [0.2, 0.25) is 0 Å². The molecule has 0 spiro atoms. The number of fused-ring (bicyclic) bond motifs is 1. The first-order chi connectivity index (χ1) is 9.45. The number of hydrogen-bond donors (Lipinski definition) is 1. The summed E-state index contributed by atoms with van der Waals surface area (Å²) in [7, 11) is -3.32. The number of benzene rings is 1. The van der Waals surface area contributed by atoms with E-state index in [0.29, 0.717) is 22.6 Å². The van der Waals surface area contributed by atoms with E-state index in [4.69, 9.17) is 0 Å². The van der Waals surface area contributed by atoms with Crippen LogP contribution in [0.2, 0.25) is 0 Å². The molecular formula is C13H12N4O2S. The summed E-state index contributed by atoms with van der Waals surface area (Å²) in [5.74, 6) is 0.503. The Balaban J connectivity index is 2.23. The first-order valence-electron chi connectivity index (χ1n) is 5.93. The lowest BCUT2D eigenvalue weighted by molar-refractivity contribution is 0.602. The lowest BCUT2D eigenvalue weighted by atomic mass is 10.3. The van der Waals surface area contributed by atoms with Crippen LogP contribution in [-0.2, 0) is 9.84 Å². The van der Waals surface area contributed by atoms with Crippen LogP contribution in [0, 0.1) is 6.92 Å². The zero-order chi connectivity index (χ0) is 14.3. The van der Waals surface area contributed by atoms with Gasteiger partial charge >= 0.3 is 0 Å². The summed E-state index contributed by atoms with van der Waals surface area (Å²) in [6.45, 7) is 1.84. The molecule has 0 saturated heterocycles. The Morgan fingerprint density at radius 2 is 1.95 bits per heavy atom. The van der Waals surface area contributed by atoms with Crippen LogP contribution in [0.3, 0.4) is 0 Å². The zero-order valence-electron chi connectivity index (χ0n) is 11.0. The van der Waals surface area contributed by atoms with Gasteiger partial charge in [-0.05, 0) is 19.1 Å². The molecule has 0 aliphatic rings. The normalized spacial score (nSPS) is 11.9. The smallest absolute Gasteiger partial charge is 0.177 e. The van der Waals surface area contributed by atoms with Crippen molar-refractivity contribution in [3.05, 3.63) is 36.3 Å². The van der Waals surface area contributed by atoms with Gasteiger partial charge in [0, 0.05) is 12.5 Å². The second kappa shape index (κ2) is 4.38. The molecule has 0 radical (unpaired) electrons. The second-order valence-electron chi connectivity index (χ2n) is 4.55. The van der Waals surface area contributed by atoms with Crippen molar-refractivity contribution in [3.8, 4) is 11.5 Å². The minimum absolute atomic E-state index is 0.206. The van der Waals surface area contributed by atoms with E-state index in [1.165, 1.54) is 6.26 Å². The predicted octanol–water partition coefficient (Wildman–Crippen LogP) is 1.73. The molecule has 20 heavy (non-hydrogen) atoms. The second-order valence-corrected chi connectivity index (χ2v) is 6.54. The number of aromatic nitrogens is 4. The Morgan fingerprint density at radius 1 is 1.15 bits per heavy atom. The van der Waals surface area contributed by atoms with Gasteiger partial charge in [-0.25, -0.2) is 18.4 Å². The number of nitrogens with zero attached hydrogens (tertiary/aromatic N) is 3. The topological polar surface area (TPSA) is 88.6 Å². The number of sulfone groups is 1. The van der Waals surface area contributed by atoms with E-state index in [2.05, 4.69) is 19.9 Å². The fraction of sp³-hybridized carbons (Fsp3) is 0.154. The summed E-state index contributed by atoms with van der Waals surface area (Å²) in [4.78, 5) is 16.0. The average molecular weight is 288 g/mol. The monoisotopic (exact) mass is 288 g/mol. The molecule has 0 saturated carbocycles. The standard InChI is InChI=1S/C13H12N4O2S/c1-8-6-15-10(7-14-8)13-16-9-4-3-5-11(12(9)17-13)20(2,18)19/h3-7H,1-2H3,(H,16,17). The molecule has 0 aliphatic carbocycles. The van der Waals surface area contributed by atoms with Gasteiger partial charge in [0.25, 0.3) is 0 Å². The number of rotatable bonds is 2.